The molecule has 0 aliphatic rings. The molecule has 0 radical (unpaired) electrons. The van der Waals surface area contributed by atoms with Gasteiger partial charge in [0.05, 0.1) is 19.4 Å². The van der Waals surface area contributed by atoms with Gasteiger partial charge in [0.1, 0.15) is 5.01 Å². The van der Waals surface area contributed by atoms with E-state index in [4.69, 9.17) is 9.47 Å². The van der Waals surface area contributed by atoms with Crippen molar-refractivity contribution >= 4 is 11.3 Å². The summed E-state index contributed by atoms with van der Waals surface area (Å²) in [6, 6.07) is 5.93. The molecule has 108 valence electrons. The number of ether oxygens (including phenoxy) is 2. The van der Waals surface area contributed by atoms with Crippen LogP contribution in [-0.2, 0) is 6.54 Å². The van der Waals surface area contributed by atoms with Crippen molar-refractivity contribution in [3.05, 3.63) is 28.8 Å². The van der Waals surface area contributed by atoms with Gasteiger partial charge in [-0.1, -0.05) is 0 Å². The van der Waals surface area contributed by atoms with Crippen molar-refractivity contribution in [2.24, 2.45) is 0 Å². The van der Waals surface area contributed by atoms with Gasteiger partial charge in [-0.25, -0.2) is 4.98 Å². The molecule has 20 heavy (non-hydrogen) atoms. The highest BCUT2D eigenvalue weighted by atomic mass is 32.1. The molecule has 1 aromatic heterocycles. The number of methoxy groups -OCH3 is 1. The van der Waals surface area contributed by atoms with Crippen LogP contribution in [0.5, 0.6) is 11.5 Å². The average molecular weight is 292 g/mol. The van der Waals surface area contributed by atoms with Crippen molar-refractivity contribution in [2.45, 2.75) is 20.4 Å². The standard InChI is InChI=1S/C15H20N2O2S/c1-5-19-13-8-11(6-7-12(13)18-4)15-17-10(2)14(20-15)9-16-3/h6-8,16H,5,9H2,1-4H3. The molecule has 0 bridgehead atoms. The van der Waals surface area contributed by atoms with Crippen LogP contribution in [0.2, 0.25) is 0 Å². The van der Waals surface area contributed by atoms with Gasteiger partial charge in [0.2, 0.25) is 0 Å². The minimum absolute atomic E-state index is 0.613. The first-order valence-electron chi connectivity index (χ1n) is 6.61. The van der Waals surface area contributed by atoms with Crippen LogP contribution in [0.3, 0.4) is 0 Å². The fourth-order valence-electron chi connectivity index (χ4n) is 1.95. The van der Waals surface area contributed by atoms with E-state index in [9.17, 15) is 0 Å². The molecule has 1 heterocycles. The van der Waals surface area contributed by atoms with Crippen LogP contribution in [0.25, 0.3) is 10.6 Å². The highest BCUT2D eigenvalue weighted by Gasteiger charge is 2.12. The van der Waals surface area contributed by atoms with Gasteiger partial charge >= 0.3 is 0 Å². The monoisotopic (exact) mass is 292 g/mol. The lowest BCUT2D eigenvalue weighted by atomic mass is 10.2. The summed E-state index contributed by atoms with van der Waals surface area (Å²) in [4.78, 5) is 5.90. The van der Waals surface area contributed by atoms with Gasteiger partial charge in [0.15, 0.2) is 11.5 Å². The van der Waals surface area contributed by atoms with E-state index in [0.29, 0.717) is 6.61 Å². The summed E-state index contributed by atoms with van der Waals surface area (Å²) in [7, 11) is 3.59. The molecule has 5 heteroatoms. The summed E-state index contributed by atoms with van der Waals surface area (Å²) in [5.74, 6) is 1.51. The number of nitrogens with zero attached hydrogens (tertiary/aromatic N) is 1. The summed E-state index contributed by atoms with van der Waals surface area (Å²) < 4.78 is 10.9. The first-order valence-corrected chi connectivity index (χ1v) is 7.43. The Hall–Kier alpha value is -1.59. The molecule has 0 saturated carbocycles. The fourth-order valence-corrected chi connectivity index (χ4v) is 3.02. The lowest BCUT2D eigenvalue weighted by Gasteiger charge is -2.10. The van der Waals surface area contributed by atoms with Crippen LogP contribution < -0.4 is 14.8 Å². The number of aryl methyl sites for hydroxylation is 1. The van der Waals surface area contributed by atoms with Gasteiger partial charge in [0.25, 0.3) is 0 Å². The molecule has 0 saturated heterocycles. The van der Waals surface area contributed by atoms with Crippen LogP contribution in [0.15, 0.2) is 18.2 Å². The molecular formula is C15H20N2O2S. The van der Waals surface area contributed by atoms with E-state index < -0.39 is 0 Å². The zero-order valence-corrected chi connectivity index (χ0v) is 13.1. The average Bonchev–Trinajstić information content (AvgIpc) is 2.81. The first-order chi connectivity index (χ1) is 9.69. The summed E-state index contributed by atoms with van der Waals surface area (Å²) in [5, 5.41) is 4.18. The number of hydrogen-bond acceptors (Lipinski definition) is 5. The zero-order valence-electron chi connectivity index (χ0n) is 12.3. The van der Waals surface area contributed by atoms with Gasteiger partial charge in [-0.2, -0.15) is 0 Å². The maximum atomic E-state index is 5.61. The Labute approximate surface area is 123 Å². The van der Waals surface area contributed by atoms with E-state index in [-0.39, 0.29) is 0 Å². The molecule has 2 aromatic rings. The highest BCUT2D eigenvalue weighted by molar-refractivity contribution is 7.15. The third-order valence-electron chi connectivity index (χ3n) is 2.94. The Kier molecular flexibility index (Phi) is 4.98. The molecule has 0 atom stereocenters. The number of nitrogens with one attached hydrogen (secondary N) is 1. The molecule has 0 aliphatic heterocycles. The first kappa shape index (κ1) is 14.8. The number of thiazole rings is 1. The van der Waals surface area contributed by atoms with Crippen LogP contribution in [0.1, 0.15) is 17.5 Å². The maximum Gasteiger partial charge on any atom is 0.161 e. The second-order valence-electron chi connectivity index (χ2n) is 4.36. The molecule has 0 spiro atoms. The Bertz CT molecular complexity index is 581. The van der Waals surface area contributed by atoms with Crippen molar-refractivity contribution in [3.8, 4) is 22.1 Å². The smallest absolute Gasteiger partial charge is 0.161 e. The lowest BCUT2D eigenvalue weighted by molar-refractivity contribution is 0.311. The molecule has 1 N–H and O–H groups in total. The maximum absolute atomic E-state index is 5.61. The van der Waals surface area contributed by atoms with E-state index in [0.717, 1.165) is 34.3 Å². The zero-order chi connectivity index (χ0) is 14.5. The predicted molar refractivity (Wildman–Crippen MR) is 82.8 cm³/mol. The topological polar surface area (TPSA) is 43.4 Å². The highest BCUT2D eigenvalue weighted by Crippen LogP contribution is 2.35. The molecular weight excluding hydrogens is 272 g/mol. The van der Waals surface area contributed by atoms with E-state index in [1.165, 1.54) is 4.88 Å². The quantitative estimate of drug-likeness (QED) is 0.887. The summed E-state index contributed by atoms with van der Waals surface area (Å²) in [6.45, 7) is 5.46. The van der Waals surface area contributed by atoms with Crippen molar-refractivity contribution in [1.29, 1.82) is 0 Å². The van der Waals surface area contributed by atoms with Gasteiger partial charge in [-0.05, 0) is 39.1 Å². The van der Waals surface area contributed by atoms with Crippen LogP contribution in [-0.4, -0.2) is 25.7 Å². The minimum atomic E-state index is 0.613. The largest absolute Gasteiger partial charge is 0.493 e. The Morgan fingerprint density at radius 2 is 2.10 bits per heavy atom. The second-order valence-corrected chi connectivity index (χ2v) is 5.44. The number of aromatic nitrogens is 1. The van der Waals surface area contributed by atoms with Crippen molar-refractivity contribution < 1.29 is 9.47 Å². The number of hydrogen-bond donors (Lipinski definition) is 1. The van der Waals surface area contributed by atoms with Crippen LogP contribution in [0.4, 0.5) is 0 Å². The SMILES string of the molecule is CCOc1cc(-c2nc(C)c(CNC)s2)ccc1OC. The Morgan fingerprint density at radius 1 is 1.30 bits per heavy atom. The van der Waals surface area contributed by atoms with E-state index >= 15 is 0 Å². The van der Waals surface area contributed by atoms with Crippen molar-refractivity contribution in [1.82, 2.24) is 10.3 Å². The molecule has 0 aliphatic carbocycles. The normalized spacial score (nSPS) is 10.6. The van der Waals surface area contributed by atoms with Crippen molar-refractivity contribution in [2.75, 3.05) is 20.8 Å². The minimum Gasteiger partial charge on any atom is -0.493 e. The second kappa shape index (κ2) is 6.72. The predicted octanol–water partition coefficient (Wildman–Crippen LogP) is 3.25. The number of rotatable bonds is 6. The van der Waals surface area contributed by atoms with Gasteiger partial charge in [0, 0.05) is 17.0 Å². The Balaban J connectivity index is 2.37. The third-order valence-corrected chi connectivity index (χ3v) is 4.15. The molecule has 0 fully saturated rings. The van der Waals surface area contributed by atoms with E-state index in [2.05, 4.69) is 10.3 Å². The molecule has 4 nitrogen and oxygen atoms in total. The Morgan fingerprint density at radius 3 is 2.75 bits per heavy atom. The number of benzene rings is 1. The fraction of sp³-hybridized carbons (Fsp3) is 0.400. The molecule has 0 amide bonds. The van der Waals surface area contributed by atoms with Gasteiger partial charge < -0.3 is 14.8 Å². The molecule has 0 unspecified atom stereocenters. The van der Waals surface area contributed by atoms with Crippen LogP contribution >= 0.6 is 11.3 Å². The summed E-state index contributed by atoms with van der Waals surface area (Å²) in [5.41, 5.74) is 2.14. The summed E-state index contributed by atoms with van der Waals surface area (Å²) in [6.07, 6.45) is 0. The van der Waals surface area contributed by atoms with Crippen LogP contribution in [0, 0.1) is 6.92 Å². The van der Waals surface area contributed by atoms with Gasteiger partial charge in [-0.3, -0.25) is 0 Å². The lowest BCUT2D eigenvalue weighted by Crippen LogP contribution is -2.04. The molecule has 1 aromatic carbocycles. The van der Waals surface area contributed by atoms with E-state index in [1.54, 1.807) is 18.4 Å². The summed E-state index contributed by atoms with van der Waals surface area (Å²) >= 11 is 1.71. The van der Waals surface area contributed by atoms with Gasteiger partial charge in [-0.15, -0.1) is 11.3 Å². The third kappa shape index (κ3) is 3.11. The van der Waals surface area contributed by atoms with E-state index in [1.807, 2.05) is 39.1 Å². The molecule has 2 rings (SSSR count). The van der Waals surface area contributed by atoms with Crippen molar-refractivity contribution in [3.63, 3.8) is 0 Å².